The molecule has 140 valence electrons. The number of aromatic nitrogens is 1. The van der Waals surface area contributed by atoms with Crippen molar-refractivity contribution in [3.05, 3.63) is 17.8 Å². The van der Waals surface area contributed by atoms with Crippen LogP contribution in [0.25, 0.3) is 0 Å². The Balaban J connectivity index is 1.73. The minimum Gasteiger partial charge on any atom is -0.441 e. The van der Waals surface area contributed by atoms with Crippen molar-refractivity contribution >= 4 is 30.9 Å². The number of ether oxygens (including phenoxy) is 1. The Labute approximate surface area is 143 Å². The third kappa shape index (κ3) is 6.86. The van der Waals surface area contributed by atoms with E-state index in [0.717, 1.165) is 0 Å². The summed E-state index contributed by atoms with van der Waals surface area (Å²) in [4.78, 5) is 49.8. The van der Waals surface area contributed by atoms with Crippen LogP contribution in [0.3, 0.4) is 0 Å². The Hall–Kier alpha value is -0.680. The largest absolute Gasteiger partial charge is 0.750 e. The predicted molar refractivity (Wildman–Crippen MR) is 80.3 cm³/mol. The van der Waals surface area contributed by atoms with Crippen LogP contribution in [-0.2, 0) is 22.4 Å². The lowest BCUT2D eigenvalue weighted by atomic mass is 10.2. The lowest BCUT2D eigenvalue weighted by molar-refractivity contribution is 0.0131. The molecule has 13 nitrogen and oxygen atoms in total. The van der Waals surface area contributed by atoms with Crippen molar-refractivity contribution in [1.82, 2.24) is 4.98 Å². The molecule has 6 N–H and O–H groups in total. The van der Waals surface area contributed by atoms with Gasteiger partial charge < -0.3 is 24.3 Å². The first-order chi connectivity index (χ1) is 11.6. The van der Waals surface area contributed by atoms with Gasteiger partial charge in [-0.25, -0.2) is 4.98 Å². The Morgan fingerprint density at radius 1 is 1.48 bits per heavy atom. The van der Waals surface area contributed by atoms with Crippen molar-refractivity contribution in [2.45, 2.75) is 25.0 Å². The molecule has 1 amide bonds. The van der Waals surface area contributed by atoms with Gasteiger partial charge in [-0.05, 0) is 17.2 Å². The van der Waals surface area contributed by atoms with Gasteiger partial charge in [-0.2, -0.15) is 14.7 Å². The van der Waals surface area contributed by atoms with Crippen molar-refractivity contribution in [2.75, 3.05) is 6.61 Å². The summed E-state index contributed by atoms with van der Waals surface area (Å²) in [6.07, 6.45) is 1.45. The normalized spacial score (nSPS) is 22.8. The number of hydrogen-bond donors (Lipinski definition) is 5. The number of primary amides is 1. The van der Waals surface area contributed by atoms with Crippen LogP contribution < -0.4 is 5.73 Å². The van der Waals surface area contributed by atoms with Crippen LogP contribution in [0, 0.1) is 0 Å². The first kappa shape index (κ1) is 20.6. The highest BCUT2D eigenvalue weighted by molar-refractivity contribution is 7.62. The van der Waals surface area contributed by atoms with E-state index in [1.807, 2.05) is 0 Å². The molecule has 2 heterocycles. The predicted octanol–water partition coefficient (Wildman–Crippen LogP) is 0.574. The highest BCUT2D eigenvalue weighted by atomic mass is 31.3. The van der Waals surface area contributed by atoms with Crippen LogP contribution in [0.2, 0.25) is 0 Å². The fourth-order valence-corrected chi connectivity index (χ4v) is 3.97. The Morgan fingerprint density at radius 3 is 2.80 bits per heavy atom. The Bertz CT molecular complexity index is 620. The number of amides is 1. The average Bonchev–Trinajstić information content (AvgIpc) is 3.12. The Kier molecular flexibility index (Phi) is 7.27. The van der Waals surface area contributed by atoms with Gasteiger partial charge in [0.15, 0.2) is 0 Å². The van der Waals surface area contributed by atoms with Crippen molar-refractivity contribution in [3.63, 3.8) is 0 Å². The summed E-state index contributed by atoms with van der Waals surface area (Å²) < 4.78 is 34.7. The molecule has 1 fully saturated rings. The Morgan fingerprint density at radius 2 is 2.20 bits per heavy atom. The number of carbonyl (C=O) groups is 1. The molecule has 4 atom stereocenters. The van der Waals surface area contributed by atoms with Crippen molar-refractivity contribution in [1.29, 1.82) is 0 Å². The molecule has 1 aromatic heterocycles. The van der Waals surface area contributed by atoms with Gasteiger partial charge in [0.1, 0.15) is 22.4 Å². The molecular weight excluding hydrogens is 405 g/mol. The molecule has 1 aliphatic heterocycles. The maximum absolute atomic E-state index is 11.1. The van der Waals surface area contributed by atoms with Crippen molar-refractivity contribution in [3.8, 4) is 0 Å². The van der Waals surface area contributed by atoms with Crippen LogP contribution >= 0.6 is 25.0 Å². The zero-order valence-corrected chi connectivity index (χ0v) is 15.0. The molecule has 2 rings (SSSR count). The van der Waals surface area contributed by atoms with E-state index in [2.05, 4.69) is 13.6 Å². The van der Waals surface area contributed by atoms with Crippen LogP contribution in [0.4, 0.5) is 0 Å². The van der Waals surface area contributed by atoms with Gasteiger partial charge >= 0.3 is 30.9 Å². The van der Waals surface area contributed by atoms with Crippen LogP contribution in [-0.4, -0.2) is 43.2 Å². The number of hydrogen-bond acceptors (Lipinski definition) is 12. The van der Waals surface area contributed by atoms with Gasteiger partial charge in [0.2, 0.25) is 0 Å². The molecule has 0 aliphatic carbocycles. The molecule has 1 saturated heterocycles. The smallest absolute Gasteiger partial charge is 0.441 e. The van der Waals surface area contributed by atoms with E-state index in [-0.39, 0.29) is 12.5 Å². The minimum atomic E-state index is -4.75. The maximum Gasteiger partial charge on any atom is 0.750 e. The van der Waals surface area contributed by atoms with Gasteiger partial charge in [0.05, 0.1) is 12.7 Å². The fourth-order valence-electron chi connectivity index (χ4n) is 1.92. The second kappa shape index (κ2) is 8.81. The third-order valence-electron chi connectivity index (χ3n) is 2.85. The van der Waals surface area contributed by atoms with Gasteiger partial charge in [0.25, 0.3) is 5.89 Å². The monoisotopic (exact) mass is 420 g/mol. The number of nitrogens with two attached hydrogens (primary N) is 1. The van der Waals surface area contributed by atoms with Crippen molar-refractivity contribution < 1.29 is 51.2 Å². The summed E-state index contributed by atoms with van der Waals surface area (Å²) in [5.41, 5.74) is 5.43. The number of rotatable bonds is 9. The molecule has 25 heavy (non-hydrogen) atoms. The maximum atomic E-state index is 11.1. The standard InChI is InChI=1S/C9H14N2O11P3/c10-8(12)9-11-6(4-18-9)7-2-1-5(20-7)3-19-23(13)21-24(14)22-25(15,16)17/h4-5,7,13,15-17H,1-3H2,(H-,10,12)/q+1/p+1/t5-,7+,23?/m0/s1. The average molecular weight is 420 g/mol. The summed E-state index contributed by atoms with van der Waals surface area (Å²) in [6, 6.07) is 0. The van der Waals surface area contributed by atoms with E-state index >= 15 is 0 Å². The molecule has 0 saturated carbocycles. The molecule has 1 aromatic rings. The second-order valence-electron chi connectivity index (χ2n) is 4.70. The molecule has 0 bridgehead atoms. The van der Waals surface area contributed by atoms with Gasteiger partial charge in [-0.1, -0.05) is 0 Å². The zero-order valence-electron chi connectivity index (χ0n) is 12.4. The lowest BCUT2D eigenvalue weighted by Gasteiger charge is -2.12. The van der Waals surface area contributed by atoms with Crippen LogP contribution in [0.15, 0.2) is 10.7 Å². The summed E-state index contributed by atoms with van der Waals surface area (Å²) in [6.45, 7) is -0.125. The van der Waals surface area contributed by atoms with Crippen molar-refractivity contribution in [2.24, 2.45) is 5.73 Å². The van der Waals surface area contributed by atoms with E-state index in [1.54, 1.807) is 0 Å². The molecule has 0 radical (unpaired) electrons. The van der Waals surface area contributed by atoms with E-state index in [0.29, 0.717) is 18.5 Å². The van der Waals surface area contributed by atoms with E-state index in [9.17, 15) is 14.3 Å². The zero-order chi connectivity index (χ0) is 18.6. The highest BCUT2D eigenvalue weighted by Crippen LogP contribution is 2.58. The molecule has 2 unspecified atom stereocenters. The SMILES string of the molecule is NC(=O)c1nc([C@H]2CC[C@@H](COP(O)O[P+](=O)O[P+](O)(O)O)O2)co1. The molecule has 16 heteroatoms. The van der Waals surface area contributed by atoms with Gasteiger partial charge in [-0.15, -0.1) is 0 Å². The number of oxazole rings is 1. The first-order valence-corrected chi connectivity index (χ1v) is 10.4. The number of nitrogens with zero attached hydrogens (tertiary/aromatic N) is 1. The third-order valence-corrected chi connectivity index (χ3v) is 5.73. The van der Waals surface area contributed by atoms with E-state index in [4.69, 9.17) is 34.1 Å². The molecular formula is C9H15N2O11P3+2. The van der Waals surface area contributed by atoms with Gasteiger partial charge in [0, 0.05) is 4.57 Å². The first-order valence-electron chi connectivity index (χ1n) is 6.59. The van der Waals surface area contributed by atoms with Crippen LogP contribution in [0.5, 0.6) is 0 Å². The molecule has 0 spiro atoms. The fraction of sp³-hybridized carbons (Fsp3) is 0.556. The number of carbonyl (C=O) groups excluding carboxylic acids is 1. The quantitative estimate of drug-likeness (QED) is 0.348. The van der Waals surface area contributed by atoms with E-state index in [1.165, 1.54) is 6.26 Å². The lowest BCUT2D eigenvalue weighted by Crippen LogP contribution is -2.14. The summed E-state index contributed by atoms with van der Waals surface area (Å²) in [5.74, 6) is -1.03. The summed E-state index contributed by atoms with van der Waals surface area (Å²) in [5, 5.41) is 0. The second-order valence-corrected chi connectivity index (χ2v) is 8.21. The van der Waals surface area contributed by atoms with E-state index < -0.39 is 43.1 Å². The topological polar surface area (TPSA) is 204 Å². The molecule has 1 aliphatic rings. The summed E-state index contributed by atoms with van der Waals surface area (Å²) >= 11 is 0. The highest BCUT2D eigenvalue weighted by Gasteiger charge is 2.50. The van der Waals surface area contributed by atoms with Gasteiger partial charge in [-0.3, -0.25) is 4.79 Å². The minimum absolute atomic E-state index is 0.125. The van der Waals surface area contributed by atoms with Crippen LogP contribution in [0.1, 0.15) is 35.3 Å². The summed E-state index contributed by atoms with van der Waals surface area (Å²) in [7, 11) is -10.6. The molecule has 0 aromatic carbocycles.